The number of sulfone groups is 1. The van der Waals surface area contributed by atoms with Gasteiger partial charge in [0.2, 0.25) is 0 Å². The zero-order chi connectivity index (χ0) is 23.9. The zero-order valence-corrected chi connectivity index (χ0v) is 18.8. The smallest absolute Gasteiger partial charge is 0.324 e. The van der Waals surface area contributed by atoms with E-state index in [0.717, 1.165) is 12.3 Å². The molecule has 0 N–H and O–H groups in total. The van der Waals surface area contributed by atoms with Crippen molar-refractivity contribution in [2.75, 3.05) is 5.75 Å². The average Bonchev–Trinajstić information content (AvgIpc) is 3.10. The van der Waals surface area contributed by atoms with Gasteiger partial charge in [-0.1, -0.05) is 20.8 Å². The first-order valence-corrected chi connectivity index (χ1v) is 11.6. The zero-order valence-electron chi connectivity index (χ0n) is 18.0. The minimum atomic E-state index is -4.64. The minimum Gasteiger partial charge on any atom is -0.324 e. The predicted molar refractivity (Wildman–Crippen MR) is 112 cm³/mol. The quantitative estimate of drug-likeness (QED) is 0.534. The van der Waals surface area contributed by atoms with Crippen molar-refractivity contribution in [1.82, 2.24) is 19.5 Å². The second kappa shape index (κ2) is 8.16. The van der Waals surface area contributed by atoms with E-state index in [1.54, 1.807) is 7.05 Å². The molecule has 0 unspecified atom stereocenters. The summed E-state index contributed by atoms with van der Waals surface area (Å²) in [6.07, 6.45) is -1.22. The van der Waals surface area contributed by atoms with E-state index in [2.05, 4.69) is 21.0 Å². The third-order valence-electron chi connectivity index (χ3n) is 5.81. The van der Waals surface area contributed by atoms with Crippen LogP contribution in [-0.4, -0.2) is 33.7 Å². The third kappa shape index (κ3) is 3.83. The van der Waals surface area contributed by atoms with Crippen LogP contribution in [0.1, 0.15) is 44.9 Å². The molecule has 3 aromatic rings. The van der Waals surface area contributed by atoms with Gasteiger partial charge in [0.15, 0.2) is 15.7 Å². The molecule has 32 heavy (non-hydrogen) atoms. The van der Waals surface area contributed by atoms with Crippen molar-refractivity contribution >= 4 is 20.9 Å². The fraction of sp³-hybridized carbons (Fsp3) is 0.429. The third-order valence-corrected chi connectivity index (χ3v) is 7.55. The Morgan fingerprint density at radius 1 is 1.09 bits per heavy atom. The van der Waals surface area contributed by atoms with E-state index in [0.29, 0.717) is 23.9 Å². The Morgan fingerprint density at radius 3 is 2.28 bits per heavy atom. The fourth-order valence-electron chi connectivity index (χ4n) is 3.60. The highest BCUT2D eigenvalue weighted by Gasteiger charge is 2.34. The van der Waals surface area contributed by atoms with Crippen LogP contribution in [-0.2, 0) is 28.5 Å². The van der Waals surface area contributed by atoms with Crippen molar-refractivity contribution in [2.24, 2.45) is 7.05 Å². The maximum atomic E-state index is 13.1. The number of aromatic nitrogens is 4. The number of hydrogen-bond donors (Lipinski definition) is 0. The first-order chi connectivity index (χ1) is 14.9. The van der Waals surface area contributed by atoms with Crippen LogP contribution in [0.3, 0.4) is 0 Å². The molecule has 0 saturated heterocycles. The van der Waals surface area contributed by atoms with E-state index in [1.165, 1.54) is 23.8 Å². The molecule has 0 fully saturated rings. The Bertz CT molecular complexity index is 1320. The lowest BCUT2D eigenvalue weighted by Gasteiger charge is -2.24. The van der Waals surface area contributed by atoms with Crippen molar-refractivity contribution in [2.45, 2.75) is 50.1 Å². The molecular weight excluding hydrogens is 443 g/mol. The number of fused-ring (bicyclic) bond motifs is 1. The van der Waals surface area contributed by atoms with E-state index in [1.807, 2.05) is 13.8 Å². The van der Waals surface area contributed by atoms with Crippen LogP contribution in [0.4, 0.5) is 13.2 Å². The van der Waals surface area contributed by atoms with E-state index in [9.17, 15) is 26.9 Å². The molecule has 3 rings (SSSR count). The Labute approximate surface area is 183 Å². The van der Waals surface area contributed by atoms with Crippen molar-refractivity contribution in [1.29, 1.82) is 5.26 Å². The number of alkyl halides is 3. The molecule has 0 spiro atoms. The van der Waals surface area contributed by atoms with Gasteiger partial charge in [0, 0.05) is 13.2 Å². The van der Waals surface area contributed by atoms with Crippen LogP contribution >= 0.6 is 0 Å². The largest absolute Gasteiger partial charge is 0.433 e. The van der Waals surface area contributed by atoms with E-state index < -0.39 is 27.1 Å². The molecule has 0 aliphatic rings. The Balaban J connectivity index is 2.31. The molecular formula is C21H22F3N5O2S. The molecule has 11 heteroatoms. The Morgan fingerprint density at radius 2 is 1.75 bits per heavy atom. The van der Waals surface area contributed by atoms with Gasteiger partial charge in [0.1, 0.15) is 11.4 Å². The molecule has 0 radical (unpaired) electrons. The number of nitrogens with zero attached hydrogens (tertiary/aromatic N) is 5. The highest BCUT2D eigenvalue weighted by Crippen LogP contribution is 2.36. The summed E-state index contributed by atoms with van der Waals surface area (Å²) >= 11 is 0. The lowest BCUT2D eigenvalue weighted by Crippen LogP contribution is -2.23. The lowest BCUT2D eigenvalue weighted by molar-refractivity contribution is -0.141. The summed E-state index contributed by atoms with van der Waals surface area (Å²) < 4.78 is 66.5. The highest BCUT2D eigenvalue weighted by atomic mass is 32.2. The average molecular weight is 466 g/mol. The Kier molecular flexibility index (Phi) is 6.04. The second-order valence-corrected chi connectivity index (χ2v) is 9.67. The molecule has 0 aliphatic carbocycles. The van der Waals surface area contributed by atoms with Gasteiger partial charge in [0.25, 0.3) is 0 Å². The number of nitriles is 1. The van der Waals surface area contributed by atoms with Gasteiger partial charge in [0.05, 0.1) is 39.4 Å². The molecule has 0 atom stereocenters. The summed E-state index contributed by atoms with van der Waals surface area (Å²) in [5.74, 6) is -0.123. The number of aryl methyl sites for hydroxylation is 1. The summed E-state index contributed by atoms with van der Waals surface area (Å²) in [6.45, 7) is 5.16. The number of halogens is 3. The maximum absolute atomic E-state index is 13.1. The van der Waals surface area contributed by atoms with Crippen LogP contribution in [0.25, 0.3) is 22.6 Å². The van der Waals surface area contributed by atoms with Crippen LogP contribution < -0.4 is 0 Å². The molecule has 0 bridgehead atoms. The second-order valence-electron chi connectivity index (χ2n) is 7.43. The molecule has 0 saturated carbocycles. The van der Waals surface area contributed by atoms with Crippen molar-refractivity contribution in [3.8, 4) is 17.6 Å². The summed E-state index contributed by atoms with van der Waals surface area (Å²) in [4.78, 5) is 11.9. The molecule has 0 aliphatic heterocycles. The molecule has 3 heterocycles. The molecule has 170 valence electrons. The summed E-state index contributed by atoms with van der Waals surface area (Å²) in [5.41, 5.74) is -1.19. The first-order valence-electron chi connectivity index (χ1n) is 9.98. The monoisotopic (exact) mass is 465 g/mol. The standard InChI is InChI=1S/C21H22F3N5O2S/c1-5-20(6-2,12-25)13-8-16(32(30,31)7-3)18(27-10-13)19-28-14-9-17(21(22,23)24)26-11-15(14)29(19)4/h8-11H,5-7H2,1-4H3. The van der Waals surface area contributed by atoms with Crippen LogP contribution in [0.2, 0.25) is 0 Å². The summed E-state index contributed by atoms with van der Waals surface area (Å²) in [7, 11) is -2.24. The van der Waals surface area contributed by atoms with Gasteiger partial charge >= 0.3 is 6.18 Å². The van der Waals surface area contributed by atoms with Crippen LogP contribution in [0.15, 0.2) is 29.4 Å². The first kappa shape index (κ1) is 23.7. The number of hydrogen-bond acceptors (Lipinski definition) is 6. The van der Waals surface area contributed by atoms with Crippen molar-refractivity contribution < 1.29 is 21.6 Å². The van der Waals surface area contributed by atoms with Gasteiger partial charge in [-0.05, 0) is 30.5 Å². The minimum absolute atomic E-state index is 0.0157. The van der Waals surface area contributed by atoms with Gasteiger partial charge in [-0.3, -0.25) is 4.98 Å². The molecule has 0 aromatic carbocycles. The molecule has 7 nitrogen and oxygen atoms in total. The molecule has 0 amide bonds. The maximum Gasteiger partial charge on any atom is 0.433 e. The predicted octanol–water partition coefficient (Wildman–Crippen LogP) is 4.42. The van der Waals surface area contributed by atoms with E-state index in [-0.39, 0.29) is 27.7 Å². The summed E-state index contributed by atoms with van der Waals surface area (Å²) in [5, 5.41) is 9.76. The summed E-state index contributed by atoms with van der Waals surface area (Å²) in [6, 6.07) is 4.53. The fourth-order valence-corrected chi connectivity index (χ4v) is 4.66. The van der Waals surface area contributed by atoms with Gasteiger partial charge in [-0.25, -0.2) is 18.4 Å². The van der Waals surface area contributed by atoms with Gasteiger partial charge in [-0.2, -0.15) is 18.4 Å². The number of pyridine rings is 2. The van der Waals surface area contributed by atoms with Gasteiger partial charge < -0.3 is 4.57 Å². The van der Waals surface area contributed by atoms with E-state index in [4.69, 9.17) is 0 Å². The lowest BCUT2D eigenvalue weighted by atomic mass is 9.78. The topological polar surface area (TPSA) is 102 Å². The van der Waals surface area contributed by atoms with E-state index >= 15 is 0 Å². The van der Waals surface area contributed by atoms with Crippen molar-refractivity contribution in [3.63, 3.8) is 0 Å². The normalized spacial score (nSPS) is 12.8. The van der Waals surface area contributed by atoms with Gasteiger partial charge in [-0.15, -0.1) is 0 Å². The number of imidazole rings is 1. The van der Waals surface area contributed by atoms with Crippen molar-refractivity contribution in [3.05, 3.63) is 35.8 Å². The number of rotatable bonds is 6. The SMILES string of the molecule is CCC(C#N)(CC)c1cnc(-c2nc3cc(C(F)(F)F)ncc3n2C)c(S(=O)(=O)CC)c1. The highest BCUT2D eigenvalue weighted by molar-refractivity contribution is 7.91. The molecule has 3 aromatic heterocycles. The van der Waals surface area contributed by atoms with Crippen LogP contribution in [0.5, 0.6) is 0 Å². The van der Waals surface area contributed by atoms with Crippen LogP contribution in [0, 0.1) is 11.3 Å². The Hall–Kier alpha value is -3.00.